The van der Waals surface area contributed by atoms with Gasteiger partial charge < -0.3 is 15.2 Å². The van der Waals surface area contributed by atoms with Crippen LogP contribution in [0.2, 0.25) is 0 Å². The highest BCUT2D eigenvalue weighted by molar-refractivity contribution is 5.75. The molecule has 0 atom stereocenters. The number of rotatable bonds is 8. The second-order valence-corrected chi connectivity index (χ2v) is 10.0. The molecule has 1 aliphatic rings. The first kappa shape index (κ1) is 23.0. The monoisotopic (exact) mass is 474 g/mol. The minimum atomic E-state index is -0.953. The predicted octanol–water partition coefficient (Wildman–Crippen LogP) is 3.87. The van der Waals surface area contributed by atoms with Gasteiger partial charge in [-0.3, -0.25) is 9.78 Å². The zero-order valence-corrected chi connectivity index (χ0v) is 20.4. The van der Waals surface area contributed by atoms with E-state index in [1.54, 1.807) is 35.3 Å². The van der Waals surface area contributed by atoms with Crippen molar-refractivity contribution in [1.82, 2.24) is 24.4 Å². The average Bonchev–Trinajstić information content (AvgIpc) is 3.52. The molecule has 2 N–H and O–H groups in total. The molecule has 4 heterocycles. The number of fused-ring (bicyclic) bond motifs is 1. The van der Waals surface area contributed by atoms with Crippen molar-refractivity contribution in [3.8, 4) is 16.9 Å². The lowest BCUT2D eigenvalue weighted by Gasteiger charge is -2.19. The summed E-state index contributed by atoms with van der Waals surface area (Å²) in [7, 11) is 0. The molecule has 5 rings (SSSR count). The number of aliphatic hydroxyl groups is 1. The largest absolute Gasteiger partial charge is 0.488 e. The van der Waals surface area contributed by atoms with Gasteiger partial charge >= 0.3 is 0 Å². The first-order valence-electron chi connectivity index (χ1n) is 11.8. The molecule has 0 saturated heterocycles. The Balaban J connectivity index is 1.43. The van der Waals surface area contributed by atoms with Gasteiger partial charge in [-0.05, 0) is 76.3 Å². The lowest BCUT2D eigenvalue weighted by molar-refractivity contribution is 0.0286. The molecule has 0 bridgehead atoms. The first-order chi connectivity index (χ1) is 16.6. The summed E-state index contributed by atoms with van der Waals surface area (Å²) >= 11 is 0. The van der Waals surface area contributed by atoms with E-state index in [1.165, 1.54) is 0 Å². The summed E-state index contributed by atoms with van der Waals surface area (Å²) in [5, 5.41) is 22.4. The van der Waals surface area contributed by atoms with Gasteiger partial charge in [0.15, 0.2) is 11.6 Å². The molecule has 1 fully saturated rings. The number of hydrogen-bond donors (Lipinski definition) is 2. The minimum absolute atomic E-state index is 0.0441. The van der Waals surface area contributed by atoms with E-state index in [9.17, 15) is 9.90 Å². The first-order valence-corrected chi connectivity index (χ1v) is 11.8. The highest BCUT2D eigenvalue weighted by Gasteiger charge is 2.23. The molecule has 1 saturated carbocycles. The number of ether oxygens (including phenoxy) is 1. The summed E-state index contributed by atoms with van der Waals surface area (Å²) in [5.41, 5.74) is 3.26. The van der Waals surface area contributed by atoms with Crippen molar-refractivity contribution in [2.24, 2.45) is 5.92 Å². The maximum Gasteiger partial charge on any atom is 0.269 e. The number of nitrogens with zero attached hydrogens (tertiary/aromatic N) is 5. The van der Waals surface area contributed by atoms with Crippen LogP contribution in [0.3, 0.4) is 0 Å². The summed E-state index contributed by atoms with van der Waals surface area (Å²) in [6, 6.07) is 9.65. The van der Waals surface area contributed by atoms with Gasteiger partial charge in [0.25, 0.3) is 5.56 Å². The summed E-state index contributed by atoms with van der Waals surface area (Å²) in [6.07, 6.45) is 5.88. The Hall–Kier alpha value is -3.72. The highest BCUT2D eigenvalue weighted by Crippen LogP contribution is 2.32. The van der Waals surface area contributed by atoms with Crippen molar-refractivity contribution in [1.29, 1.82) is 0 Å². The van der Waals surface area contributed by atoms with Crippen LogP contribution in [0.5, 0.6) is 5.75 Å². The number of anilines is 2. The molecule has 0 aliphatic heterocycles. The number of pyridine rings is 2. The Kier molecular flexibility index (Phi) is 5.80. The molecule has 0 radical (unpaired) electrons. The van der Waals surface area contributed by atoms with E-state index >= 15 is 0 Å². The van der Waals surface area contributed by atoms with Gasteiger partial charge in [-0.25, -0.2) is 9.20 Å². The molecule has 4 aromatic heterocycles. The lowest BCUT2D eigenvalue weighted by atomic mass is 10.1. The van der Waals surface area contributed by atoms with Crippen molar-refractivity contribution >= 4 is 17.2 Å². The molecule has 0 spiro atoms. The minimum Gasteiger partial charge on any atom is -0.488 e. The van der Waals surface area contributed by atoms with Gasteiger partial charge in [0.1, 0.15) is 12.4 Å². The zero-order chi connectivity index (χ0) is 24.7. The Labute approximate surface area is 203 Å². The average molecular weight is 475 g/mol. The second-order valence-electron chi connectivity index (χ2n) is 10.0. The van der Waals surface area contributed by atoms with Crippen molar-refractivity contribution in [3.05, 3.63) is 64.3 Å². The maximum absolute atomic E-state index is 12.4. The van der Waals surface area contributed by atoms with Crippen LogP contribution in [0.4, 0.5) is 11.6 Å². The Bertz CT molecular complexity index is 1450. The Morgan fingerprint density at radius 1 is 1.14 bits per heavy atom. The molecule has 1 aliphatic carbocycles. The molecule has 0 amide bonds. The van der Waals surface area contributed by atoms with Crippen LogP contribution < -0.4 is 15.6 Å². The second kappa shape index (κ2) is 8.81. The van der Waals surface area contributed by atoms with E-state index < -0.39 is 5.60 Å². The lowest BCUT2D eigenvalue weighted by Crippen LogP contribution is -2.28. The zero-order valence-electron chi connectivity index (χ0n) is 20.4. The third-order valence-electron chi connectivity index (χ3n) is 5.90. The Morgan fingerprint density at radius 3 is 2.66 bits per heavy atom. The van der Waals surface area contributed by atoms with Gasteiger partial charge in [0.05, 0.1) is 17.3 Å². The topological polar surface area (TPSA) is 107 Å². The smallest absolute Gasteiger partial charge is 0.269 e. The summed E-state index contributed by atoms with van der Waals surface area (Å²) in [4.78, 5) is 16.8. The van der Waals surface area contributed by atoms with Crippen molar-refractivity contribution in [2.45, 2.75) is 52.7 Å². The van der Waals surface area contributed by atoms with E-state index in [-0.39, 0.29) is 12.2 Å². The third-order valence-corrected chi connectivity index (χ3v) is 5.90. The van der Waals surface area contributed by atoms with Crippen molar-refractivity contribution in [3.63, 3.8) is 0 Å². The van der Waals surface area contributed by atoms with E-state index in [1.807, 2.05) is 44.3 Å². The van der Waals surface area contributed by atoms with Crippen molar-refractivity contribution in [2.75, 3.05) is 11.9 Å². The van der Waals surface area contributed by atoms with E-state index in [0.717, 1.165) is 35.2 Å². The molecular weight excluding hydrogens is 444 g/mol. The molecule has 9 nitrogen and oxygen atoms in total. The van der Waals surface area contributed by atoms with Gasteiger partial charge in [0, 0.05) is 35.6 Å². The van der Waals surface area contributed by atoms with Crippen LogP contribution in [0.25, 0.3) is 16.6 Å². The summed E-state index contributed by atoms with van der Waals surface area (Å²) in [6.45, 7) is 7.96. The molecule has 0 aromatic carbocycles. The van der Waals surface area contributed by atoms with E-state index in [0.29, 0.717) is 35.4 Å². The normalized spacial score (nSPS) is 13.9. The predicted molar refractivity (Wildman–Crippen MR) is 134 cm³/mol. The fourth-order valence-corrected chi connectivity index (χ4v) is 3.90. The summed E-state index contributed by atoms with van der Waals surface area (Å²) < 4.78 is 9.23. The number of aryl methyl sites for hydroxylation is 2. The molecule has 4 aromatic rings. The van der Waals surface area contributed by atoms with Crippen LogP contribution >= 0.6 is 0 Å². The quantitative estimate of drug-likeness (QED) is 0.399. The number of nitrogens with one attached hydrogen (secondary N) is 1. The molecule has 9 heteroatoms. The fraction of sp³-hybridized carbons (Fsp3) is 0.385. The fourth-order valence-electron chi connectivity index (χ4n) is 3.90. The van der Waals surface area contributed by atoms with Gasteiger partial charge in [-0.15, -0.1) is 0 Å². The van der Waals surface area contributed by atoms with Crippen LogP contribution in [0.1, 0.15) is 37.9 Å². The number of hydrogen-bond acceptors (Lipinski definition) is 7. The molecular formula is C26H30N6O3. The van der Waals surface area contributed by atoms with Crippen LogP contribution in [-0.4, -0.2) is 41.7 Å². The third kappa shape index (κ3) is 5.35. The van der Waals surface area contributed by atoms with Crippen LogP contribution in [0, 0.1) is 19.8 Å². The van der Waals surface area contributed by atoms with Crippen LogP contribution in [0.15, 0.2) is 47.5 Å². The van der Waals surface area contributed by atoms with Crippen molar-refractivity contribution < 1.29 is 9.84 Å². The van der Waals surface area contributed by atoms with E-state index in [4.69, 9.17) is 4.74 Å². The highest BCUT2D eigenvalue weighted by atomic mass is 16.5. The maximum atomic E-state index is 12.4. The van der Waals surface area contributed by atoms with Gasteiger partial charge in [-0.1, -0.05) is 0 Å². The number of aromatic nitrogens is 5. The Morgan fingerprint density at radius 2 is 1.91 bits per heavy atom. The SMILES string of the molecule is Cc1cc(-c2ccn3nc(Nc4cc(C)c(=O)n(CC5CC5)n4)cc3c2)c(OCC(C)(C)O)cn1. The van der Waals surface area contributed by atoms with Crippen LogP contribution in [-0.2, 0) is 6.54 Å². The van der Waals surface area contributed by atoms with Gasteiger partial charge in [0.2, 0.25) is 0 Å². The molecule has 182 valence electrons. The molecule has 0 unspecified atom stereocenters. The molecule has 35 heavy (non-hydrogen) atoms. The standard InChI is InChI=1S/C26H30N6O3/c1-16-9-23(30-32(25(16)33)14-18-5-6-18)28-24-12-20-11-19(7-8-31(20)29-24)21-10-17(2)27-13-22(21)35-15-26(3,4)34/h7-13,18,34H,5-6,14-15H2,1-4H3,(H,28,29,30). The van der Waals surface area contributed by atoms with Gasteiger partial charge in [-0.2, -0.15) is 10.2 Å². The van der Waals surface area contributed by atoms with E-state index in [2.05, 4.69) is 20.5 Å². The summed E-state index contributed by atoms with van der Waals surface area (Å²) in [5.74, 6) is 2.39.